The third-order valence-electron chi connectivity index (χ3n) is 2.52. The molecule has 0 amide bonds. The van der Waals surface area contributed by atoms with Gasteiger partial charge in [-0.3, -0.25) is 0 Å². The second-order valence-electron chi connectivity index (χ2n) is 4.69. The van der Waals surface area contributed by atoms with E-state index >= 15 is 0 Å². The topological polar surface area (TPSA) is 21.3 Å². The monoisotopic (exact) mass is 261 g/mol. The highest BCUT2D eigenvalue weighted by Gasteiger charge is 2.03. The molecule has 3 heteroatoms. The fourth-order valence-corrected chi connectivity index (χ4v) is 2.25. The highest BCUT2D eigenvalue weighted by atomic mass is 32.1. The zero-order valence-electron chi connectivity index (χ0n) is 10.8. The van der Waals surface area contributed by atoms with Crippen molar-refractivity contribution in [3.8, 4) is 5.75 Å². The van der Waals surface area contributed by atoms with Gasteiger partial charge in [0.15, 0.2) is 0 Å². The van der Waals surface area contributed by atoms with Crippen LogP contribution < -0.4 is 10.1 Å². The van der Waals surface area contributed by atoms with Crippen LogP contribution in [-0.2, 0) is 6.54 Å². The molecule has 96 valence electrons. The lowest BCUT2D eigenvalue weighted by molar-refractivity contribution is 0.272. The number of hydrogen-bond acceptors (Lipinski definition) is 3. The van der Waals surface area contributed by atoms with E-state index in [-0.39, 0.29) is 0 Å². The molecule has 0 saturated carbocycles. The Labute approximate surface area is 113 Å². The van der Waals surface area contributed by atoms with Gasteiger partial charge in [0.05, 0.1) is 12.3 Å². The molecule has 0 spiro atoms. The summed E-state index contributed by atoms with van der Waals surface area (Å²) in [5.41, 5.74) is 2.36. The molecule has 1 N–H and O–H groups in total. The number of para-hydroxylation sites is 2. The van der Waals surface area contributed by atoms with Crippen molar-refractivity contribution in [2.75, 3.05) is 11.9 Å². The van der Waals surface area contributed by atoms with Gasteiger partial charge in [-0.1, -0.05) is 26.0 Å². The van der Waals surface area contributed by atoms with Crippen LogP contribution in [0.3, 0.4) is 0 Å². The summed E-state index contributed by atoms with van der Waals surface area (Å²) < 4.78 is 5.81. The Morgan fingerprint density at radius 2 is 2.06 bits per heavy atom. The molecule has 1 heterocycles. The zero-order chi connectivity index (χ0) is 12.8. The van der Waals surface area contributed by atoms with Crippen molar-refractivity contribution in [3.05, 3.63) is 46.7 Å². The van der Waals surface area contributed by atoms with Crippen LogP contribution in [0.25, 0.3) is 0 Å². The summed E-state index contributed by atoms with van der Waals surface area (Å²) in [5.74, 6) is 1.47. The Balaban J connectivity index is 1.98. The predicted octanol–water partition coefficient (Wildman–Crippen LogP) is 4.40. The van der Waals surface area contributed by atoms with Crippen LogP contribution in [0.15, 0.2) is 41.1 Å². The largest absolute Gasteiger partial charge is 0.491 e. The maximum absolute atomic E-state index is 5.81. The van der Waals surface area contributed by atoms with E-state index in [1.165, 1.54) is 5.56 Å². The van der Waals surface area contributed by atoms with E-state index in [1.54, 1.807) is 11.3 Å². The van der Waals surface area contributed by atoms with Crippen LogP contribution in [0.1, 0.15) is 19.4 Å². The van der Waals surface area contributed by atoms with E-state index in [4.69, 9.17) is 4.74 Å². The fourth-order valence-electron chi connectivity index (χ4n) is 1.59. The first-order chi connectivity index (χ1) is 8.75. The van der Waals surface area contributed by atoms with Crippen LogP contribution in [0.4, 0.5) is 5.69 Å². The molecule has 1 aromatic carbocycles. The minimum atomic E-state index is 0.537. The van der Waals surface area contributed by atoms with E-state index in [0.717, 1.165) is 24.6 Å². The van der Waals surface area contributed by atoms with Gasteiger partial charge in [0.25, 0.3) is 0 Å². The second kappa shape index (κ2) is 6.45. The summed E-state index contributed by atoms with van der Waals surface area (Å²) in [6.07, 6.45) is 0. The van der Waals surface area contributed by atoms with Gasteiger partial charge in [-0.2, -0.15) is 11.3 Å². The van der Waals surface area contributed by atoms with Gasteiger partial charge in [-0.05, 0) is 40.4 Å². The Hall–Kier alpha value is -1.48. The number of nitrogens with one attached hydrogen (secondary N) is 1. The molecule has 0 aliphatic carbocycles. The van der Waals surface area contributed by atoms with Crippen LogP contribution in [0.2, 0.25) is 0 Å². The first-order valence-electron chi connectivity index (χ1n) is 6.22. The Morgan fingerprint density at radius 1 is 1.22 bits per heavy atom. The number of anilines is 1. The van der Waals surface area contributed by atoms with Gasteiger partial charge >= 0.3 is 0 Å². The molecule has 0 saturated heterocycles. The predicted molar refractivity (Wildman–Crippen MR) is 78.4 cm³/mol. The number of hydrogen-bond donors (Lipinski definition) is 1. The minimum absolute atomic E-state index is 0.537. The van der Waals surface area contributed by atoms with Crippen molar-refractivity contribution in [1.82, 2.24) is 0 Å². The van der Waals surface area contributed by atoms with E-state index in [9.17, 15) is 0 Å². The molecular weight excluding hydrogens is 242 g/mol. The Morgan fingerprint density at radius 3 is 2.78 bits per heavy atom. The molecule has 2 aromatic rings. The Bertz CT molecular complexity index is 465. The van der Waals surface area contributed by atoms with Crippen molar-refractivity contribution < 1.29 is 4.74 Å². The molecule has 0 fully saturated rings. The first kappa shape index (κ1) is 13.0. The van der Waals surface area contributed by atoms with Crippen LogP contribution in [0, 0.1) is 5.92 Å². The van der Waals surface area contributed by atoms with Gasteiger partial charge in [0.2, 0.25) is 0 Å². The summed E-state index contributed by atoms with van der Waals surface area (Å²) in [4.78, 5) is 0. The van der Waals surface area contributed by atoms with Gasteiger partial charge in [0, 0.05) is 6.54 Å². The van der Waals surface area contributed by atoms with Gasteiger partial charge in [-0.25, -0.2) is 0 Å². The zero-order valence-corrected chi connectivity index (χ0v) is 11.7. The molecule has 0 atom stereocenters. The first-order valence-corrected chi connectivity index (χ1v) is 7.17. The lowest BCUT2D eigenvalue weighted by Gasteiger charge is -2.14. The third kappa shape index (κ3) is 3.77. The SMILES string of the molecule is CC(C)COc1ccccc1NCc1ccsc1. The van der Waals surface area contributed by atoms with Crippen molar-refractivity contribution in [3.63, 3.8) is 0 Å². The average Bonchev–Trinajstić information content (AvgIpc) is 2.88. The summed E-state index contributed by atoms with van der Waals surface area (Å²) in [6, 6.07) is 10.2. The smallest absolute Gasteiger partial charge is 0.142 e. The summed E-state index contributed by atoms with van der Waals surface area (Å²) in [7, 11) is 0. The molecule has 0 bridgehead atoms. The molecule has 2 nitrogen and oxygen atoms in total. The third-order valence-corrected chi connectivity index (χ3v) is 3.25. The number of benzene rings is 1. The van der Waals surface area contributed by atoms with Gasteiger partial charge < -0.3 is 10.1 Å². The lowest BCUT2D eigenvalue weighted by atomic mass is 10.2. The average molecular weight is 261 g/mol. The minimum Gasteiger partial charge on any atom is -0.491 e. The van der Waals surface area contributed by atoms with Crippen molar-refractivity contribution in [1.29, 1.82) is 0 Å². The van der Waals surface area contributed by atoms with Crippen molar-refractivity contribution in [2.24, 2.45) is 5.92 Å². The highest BCUT2D eigenvalue weighted by molar-refractivity contribution is 7.07. The molecule has 18 heavy (non-hydrogen) atoms. The van der Waals surface area contributed by atoms with Crippen molar-refractivity contribution >= 4 is 17.0 Å². The van der Waals surface area contributed by atoms with Crippen molar-refractivity contribution in [2.45, 2.75) is 20.4 Å². The standard InChI is InChI=1S/C15H19NOS/c1-12(2)10-17-15-6-4-3-5-14(15)16-9-13-7-8-18-11-13/h3-8,11-12,16H,9-10H2,1-2H3. The molecule has 1 aromatic heterocycles. The quantitative estimate of drug-likeness (QED) is 0.832. The fraction of sp³-hybridized carbons (Fsp3) is 0.333. The molecule has 2 rings (SSSR count). The molecular formula is C15H19NOS. The normalized spacial score (nSPS) is 10.6. The maximum Gasteiger partial charge on any atom is 0.142 e. The molecule has 0 aliphatic rings. The van der Waals surface area contributed by atoms with E-state index < -0.39 is 0 Å². The molecule has 0 aliphatic heterocycles. The molecule has 0 unspecified atom stereocenters. The van der Waals surface area contributed by atoms with E-state index in [2.05, 4.69) is 42.1 Å². The van der Waals surface area contributed by atoms with E-state index in [0.29, 0.717) is 5.92 Å². The lowest BCUT2D eigenvalue weighted by Crippen LogP contribution is -2.07. The highest BCUT2D eigenvalue weighted by Crippen LogP contribution is 2.25. The van der Waals surface area contributed by atoms with Gasteiger partial charge in [-0.15, -0.1) is 0 Å². The van der Waals surface area contributed by atoms with Crippen LogP contribution in [-0.4, -0.2) is 6.61 Å². The van der Waals surface area contributed by atoms with Crippen LogP contribution >= 0.6 is 11.3 Å². The molecule has 0 radical (unpaired) electrons. The second-order valence-corrected chi connectivity index (χ2v) is 5.47. The number of rotatable bonds is 6. The summed E-state index contributed by atoms with van der Waals surface area (Å²) in [5, 5.41) is 7.67. The number of ether oxygens (including phenoxy) is 1. The Kier molecular flexibility index (Phi) is 4.65. The van der Waals surface area contributed by atoms with Gasteiger partial charge in [0.1, 0.15) is 5.75 Å². The summed E-state index contributed by atoms with van der Waals surface area (Å²) in [6.45, 7) is 5.89. The maximum atomic E-state index is 5.81. The van der Waals surface area contributed by atoms with E-state index in [1.807, 2.05) is 18.2 Å². The number of thiophene rings is 1. The van der Waals surface area contributed by atoms with Crippen LogP contribution in [0.5, 0.6) is 5.75 Å². The summed E-state index contributed by atoms with van der Waals surface area (Å²) >= 11 is 1.72.